The number of nitrogens with zero attached hydrogens (tertiary/aromatic N) is 4. The molecule has 7 nitrogen and oxygen atoms in total. The van der Waals surface area contributed by atoms with Crippen molar-refractivity contribution >= 4 is 47.6 Å². The first-order valence-electron chi connectivity index (χ1n) is 9.44. The number of halogens is 1. The molecule has 0 radical (unpaired) electrons. The number of rotatable bonds is 4. The van der Waals surface area contributed by atoms with Crippen LogP contribution < -0.4 is 5.32 Å². The van der Waals surface area contributed by atoms with Crippen molar-refractivity contribution in [3.8, 4) is 0 Å². The molecule has 1 amide bonds. The van der Waals surface area contributed by atoms with Crippen LogP contribution in [0.3, 0.4) is 0 Å². The highest BCUT2D eigenvalue weighted by atomic mass is 127. The first-order chi connectivity index (χ1) is 12.3. The Morgan fingerprint density at radius 1 is 1.15 bits per heavy atom. The first-order valence-corrected chi connectivity index (χ1v) is 10.6. The third-order valence-electron chi connectivity index (χ3n) is 5.12. The number of carbonyl (C=O) groups is 1. The number of hydrogen-bond acceptors (Lipinski definition) is 5. The van der Waals surface area contributed by atoms with E-state index < -0.39 is 0 Å². The smallest absolute Gasteiger partial charge is 0.251 e. The highest BCUT2D eigenvalue weighted by Crippen LogP contribution is 2.16. The topological polar surface area (TPSA) is 60.4 Å². The van der Waals surface area contributed by atoms with Crippen LogP contribution in [0.15, 0.2) is 4.99 Å². The van der Waals surface area contributed by atoms with Gasteiger partial charge in [-0.25, -0.2) is 0 Å². The zero-order valence-electron chi connectivity index (χ0n) is 15.7. The molecule has 3 heterocycles. The van der Waals surface area contributed by atoms with Crippen LogP contribution in [0.2, 0.25) is 0 Å². The van der Waals surface area contributed by atoms with Crippen LogP contribution in [0, 0.1) is 0 Å². The second-order valence-corrected chi connectivity index (χ2v) is 7.97. The third kappa shape index (κ3) is 6.13. The molecule has 150 valence electrons. The van der Waals surface area contributed by atoms with E-state index in [4.69, 9.17) is 4.74 Å². The molecule has 1 atom stereocenters. The zero-order valence-corrected chi connectivity index (χ0v) is 18.8. The van der Waals surface area contributed by atoms with Gasteiger partial charge in [-0.05, 0) is 12.8 Å². The standard InChI is InChI=1S/C17H31N5O2S.HI/c1-18-17(19-4-5-20-10-13-25-14-11-20)22-8-6-21(7-9-22)16(23)15-3-2-12-24-15;/h15H,2-14H2,1H3,(H,18,19);1H. The van der Waals surface area contributed by atoms with E-state index in [0.717, 1.165) is 64.7 Å². The predicted octanol–water partition coefficient (Wildman–Crippen LogP) is 0.552. The van der Waals surface area contributed by atoms with Crippen LogP contribution in [0.4, 0.5) is 0 Å². The molecule has 0 saturated carbocycles. The Balaban J connectivity index is 0.00000243. The summed E-state index contributed by atoms with van der Waals surface area (Å²) in [5, 5.41) is 3.48. The molecule has 3 fully saturated rings. The maximum absolute atomic E-state index is 12.4. The fourth-order valence-corrected chi connectivity index (χ4v) is 4.58. The van der Waals surface area contributed by atoms with Crippen molar-refractivity contribution in [2.45, 2.75) is 18.9 Å². The maximum Gasteiger partial charge on any atom is 0.251 e. The molecule has 0 aromatic heterocycles. The fourth-order valence-electron chi connectivity index (χ4n) is 3.60. The van der Waals surface area contributed by atoms with Crippen molar-refractivity contribution in [2.75, 3.05) is 77.5 Å². The lowest BCUT2D eigenvalue weighted by Gasteiger charge is -2.37. The largest absolute Gasteiger partial charge is 0.368 e. The molecule has 26 heavy (non-hydrogen) atoms. The number of piperazine rings is 1. The number of amides is 1. The lowest BCUT2D eigenvalue weighted by atomic mass is 10.2. The summed E-state index contributed by atoms with van der Waals surface area (Å²) in [6.07, 6.45) is 1.67. The van der Waals surface area contributed by atoms with E-state index in [1.807, 2.05) is 23.7 Å². The van der Waals surface area contributed by atoms with Crippen molar-refractivity contribution in [3.63, 3.8) is 0 Å². The molecule has 1 N–H and O–H groups in total. The number of guanidine groups is 1. The Kier molecular flexibility index (Phi) is 9.79. The van der Waals surface area contributed by atoms with Gasteiger partial charge < -0.3 is 19.9 Å². The molecule has 0 spiro atoms. The number of aliphatic imine (C=N–C) groups is 1. The number of carbonyl (C=O) groups excluding carboxylic acids is 1. The van der Waals surface area contributed by atoms with Crippen molar-refractivity contribution in [2.24, 2.45) is 4.99 Å². The van der Waals surface area contributed by atoms with Gasteiger partial charge in [0, 0.05) is 77.5 Å². The van der Waals surface area contributed by atoms with Crippen LogP contribution >= 0.6 is 35.7 Å². The van der Waals surface area contributed by atoms with Gasteiger partial charge >= 0.3 is 0 Å². The van der Waals surface area contributed by atoms with Gasteiger partial charge in [0.05, 0.1) is 0 Å². The normalized spacial score (nSPS) is 25.1. The number of hydrogen-bond donors (Lipinski definition) is 1. The van der Waals surface area contributed by atoms with Gasteiger partial charge in [-0.2, -0.15) is 11.8 Å². The summed E-state index contributed by atoms with van der Waals surface area (Å²) in [4.78, 5) is 23.6. The third-order valence-corrected chi connectivity index (χ3v) is 6.07. The zero-order chi connectivity index (χ0) is 17.5. The molecule has 3 aliphatic rings. The average Bonchev–Trinajstić information content (AvgIpc) is 3.20. The summed E-state index contributed by atoms with van der Waals surface area (Å²) in [5.41, 5.74) is 0. The Hall–Kier alpha value is -0.260. The number of nitrogens with one attached hydrogen (secondary N) is 1. The van der Waals surface area contributed by atoms with Gasteiger partial charge in [0.2, 0.25) is 0 Å². The molecular weight excluding hydrogens is 465 g/mol. The molecule has 3 rings (SSSR count). The quantitative estimate of drug-likeness (QED) is 0.348. The minimum absolute atomic E-state index is 0. The summed E-state index contributed by atoms with van der Waals surface area (Å²) < 4.78 is 5.53. The van der Waals surface area contributed by atoms with Gasteiger partial charge in [-0.3, -0.25) is 14.7 Å². The van der Waals surface area contributed by atoms with E-state index in [9.17, 15) is 4.79 Å². The molecule has 0 aromatic rings. The van der Waals surface area contributed by atoms with E-state index in [-0.39, 0.29) is 36.0 Å². The first kappa shape index (κ1) is 22.0. The van der Waals surface area contributed by atoms with E-state index >= 15 is 0 Å². The predicted molar refractivity (Wildman–Crippen MR) is 118 cm³/mol. The van der Waals surface area contributed by atoms with Crippen LogP contribution in [0.5, 0.6) is 0 Å². The Labute approximate surface area is 178 Å². The van der Waals surface area contributed by atoms with Crippen LogP contribution in [-0.4, -0.2) is 110 Å². The molecular formula is C17H32IN5O2S. The van der Waals surface area contributed by atoms with Gasteiger partial charge in [0.1, 0.15) is 6.10 Å². The van der Waals surface area contributed by atoms with E-state index in [1.165, 1.54) is 24.6 Å². The van der Waals surface area contributed by atoms with E-state index in [1.54, 1.807) is 0 Å². The fraction of sp³-hybridized carbons (Fsp3) is 0.882. The SMILES string of the molecule is CN=C(NCCN1CCSCC1)N1CCN(C(=O)C2CCCO2)CC1.I. The van der Waals surface area contributed by atoms with Crippen LogP contribution in [0.1, 0.15) is 12.8 Å². The van der Waals surface area contributed by atoms with Crippen molar-refractivity contribution in [3.05, 3.63) is 0 Å². The highest BCUT2D eigenvalue weighted by Gasteiger charge is 2.30. The van der Waals surface area contributed by atoms with Gasteiger partial charge in [-0.15, -0.1) is 24.0 Å². The minimum atomic E-state index is -0.202. The van der Waals surface area contributed by atoms with Crippen LogP contribution in [0.25, 0.3) is 0 Å². The Bertz CT molecular complexity index is 462. The van der Waals surface area contributed by atoms with Gasteiger partial charge in [0.15, 0.2) is 5.96 Å². The number of ether oxygens (including phenoxy) is 1. The van der Waals surface area contributed by atoms with Crippen LogP contribution in [-0.2, 0) is 9.53 Å². The Morgan fingerprint density at radius 3 is 2.46 bits per heavy atom. The van der Waals surface area contributed by atoms with Crippen molar-refractivity contribution in [1.82, 2.24) is 20.0 Å². The van der Waals surface area contributed by atoms with E-state index in [2.05, 4.69) is 20.1 Å². The molecule has 0 aromatic carbocycles. The van der Waals surface area contributed by atoms with Crippen molar-refractivity contribution in [1.29, 1.82) is 0 Å². The van der Waals surface area contributed by atoms with Crippen molar-refractivity contribution < 1.29 is 9.53 Å². The minimum Gasteiger partial charge on any atom is -0.368 e. The summed E-state index contributed by atoms with van der Waals surface area (Å²) in [6, 6.07) is 0. The molecule has 0 bridgehead atoms. The highest BCUT2D eigenvalue weighted by molar-refractivity contribution is 14.0. The molecule has 9 heteroatoms. The summed E-state index contributed by atoms with van der Waals surface area (Å²) in [7, 11) is 1.84. The molecule has 3 saturated heterocycles. The number of thioether (sulfide) groups is 1. The summed E-state index contributed by atoms with van der Waals surface area (Å²) in [6.45, 7) is 8.26. The van der Waals surface area contributed by atoms with Gasteiger partial charge in [-0.1, -0.05) is 0 Å². The van der Waals surface area contributed by atoms with E-state index in [0.29, 0.717) is 0 Å². The molecule has 1 unspecified atom stereocenters. The Morgan fingerprint density at radius 2 is 1.85 bits per heavy atom. The maximum atomic E-state index is 12.4. The summed E-state index contributed by atoms with van der Waals surface area (Å²) >= 11 is 2.04. The molecule has 3 aliphatic heterocycles. The summed E-state index contributed by atoms with van der Waals surface area (Å²) in [5.74, 6) is 3.61. The second-order valence-electron chi connectivity index (χ2n) is 6.74. The lowest BCUT2D eigenvalue weighted by molar-refractivity contribution is -0.142. The average molecular weight is 497 g/mol. The van der Waals surface area contributed by atoms with Gasteiger partial charge in [0.25, 0.3) is 5.91 Å². The lowest BCUT2D eigenvalue weighted by Crippen LogP contribution is -2.55. The second kappa shape index (κ2) is 11.6. The monoisotopic (exact) mass is 497 g/mol. The molecule has 0 aliphatic carbocycles.